The minimum absolute atomic E-state index is 0.952. The zero-order valence-corrected chi connectivity index (χ0v) is 15.4. The Balaban J connectivity index is 1.96. The second kappa shape index (κ2) is 6.72. The third-order valence-electron chi connectivity index (χ3n) is 5.30. The molecule has 0 aliphatic carbocycles. The van der Waals surface area contributed by atoms with Crippen molar-refractivity contribution in [2.75, 3.05) is 0 Å². The highest BCUT2D eigenvalue weighted by molar-refractivity contribution is 6.07. The van der Waals surface area contributed by atoms with Gasteiger partial charge in [0.05, 0.1) is 0 Å². The maximum Gasteiger partial charge on any atom is 0.0405 e. The van der Waals surface area contributed by atoms with Crippen LogP contribution in [0.25, 0.3) is 43.8 Å². The third kappa shape index (κ3) is 2.66. The highest BCUT2D eigenvalue weighted by atomic mass is 14.2. The first kappa shape index (κ1) is 16.4. The maximum atomic E-state index is 6.10. The fourth-order valence-electron chi connectivity index (χ4n) is 3.99. The van der Waals surface area contributed by atoms with Crippen molar-refractivity contribution < 1.29 is 0 Å². The molecule has 0 saturated heterocycles. The average molecular weight is 354 g/mol. The summed E-state index contributed by atoms with van der Waals surface area (Å²) >= 11 is 0. The fourth-order valence-corrected chi connectivity index (χ4v) is 3.99. The van der Waals surface area contributed by atoms with Crippen LogP contribution in [-0.4, -0.2) is 0 Å². The summed E-state index contributed by atoms with van der Waals surface area (Å²) in [6.07, 6.45) is 6.10. The average Bonchev–Trinajstić information content (AvgIpc) is 2.77. The van der Waals surface area contributed by atoms with Gasteiger partial charge in [-0.05, 0) is 56.4 Å². The predicted octanol–water partition coefficient (Wildman–Crippen LogP) is 7.31. The smallest absolute Gasteiger partial charge is 0.0405 e. The van der Waals surface area contributed by atoms with Crippen molar-refractivity contribution in [2.24, 2.45) is 0 Å². The van der Waals surface area contributed by atoms with Crippen LogP contribution in [0.3, 0.4) is 0 Å². The number of rotatable bonds is 2. The lowest BCUT2D eigenvalue weighted by Crippen LogP contribution is -1.93. The predicted molar refractivity (Wildman–Crippen MR) is 120 cm³/mol. The van der Waals surface area contributed by atoms with Crippen LogP contribution in [0, 0.1) is 12.3 Å². The van der Waals surface area contributed by atoms with E-state index in [1.807, 2.05) is 12.1 Å². The summed E-state index contributed by atoms with van der Waals surface area (Å²) in [5, 5.41) is 4.73. The summed E-state index contributed by atoms with van der Waals surface area (Å²) in [5.41, 5.74) is 5.56. The van der Waals surface area contributed by atoms with E-state index in [0.29, 0.717) is 0 Å². The second-order valence-electron chi connectivity index (χ2n) is 6.97. The Bertz CT molecular complexity index is 1340. The molecular weight excluding hydrogens is 336 g/mol. The molecule has 0 aliphatic heterocycles. The Morgan fingerprint density at radius 3 is 1.75 bits per heavy atom. The molecule has 5 aromatic rings. The summed E-state index contributed by atoms with van der Waals surface area (Å²) in [6.45, 7) is 0. The molecule has 0 radical (unpaired) electrons. The van der Waals surface area contributed by atoms with Gasteiger partial charge in [-0.2, -0.15) is 0 Å². The lowest BCUT2D eigenvalue weighted by Gasteiger charge is -2.17. The molecule has 0 aromatic heterocycles. The van der Waals surface area contributed by atoms with Gasteiger partial charge in [-0.1, -0.05) is 90.8 Å². The molecule has 5 aromatic carbocycles. The molecule has 0 fully saturated rings. The van der Waals surface area contributed by atoms with E-state index >= 15 is 0 Å². The van der Waals surface area contributed by atoms with E-state index in [0.717, 1.165) is 22.1 Å². The lowest BCUT2D eigenvalue weighted by atomic mass is 9.86. The molecule has 28 heavy (non-hydrogen) atoms. The first-order valence-electron chi connectivity index (χ1n) is 9.42. The van der Waals surface area contributed by atoms with Gasteiger partial charge in [-0.25, -0.2) is 0 Å². The van der Waals surface area contributed by atoms with Crippen LogP contribution >= 0.6 is 0 Å². The molecule has 0 heterocycles. The zero-order chi connectivity index (χ0) is 18.9. The van der Waals surface area contributed by atoms with Crippen LogP contribution in [0.15, 0.2) is 103 Å². The second-order valence-corrected chi connectivity index (χ2v) is 6.97. The highest BCUT2D eigenvalue weighted by Gasteiger charge is 2.16. The van der Waals surface area contributed by atoms with Crippen LogP contribution in [0.2, 0.25) is 0 Å². The largest absolute Gasteiger partial charge is 0.115 e. The Labute approximate surface area is 165 Å². The third-order valence-corrected chi connectivity index (χ3v) is 5.30. The number of benzene rings is 5. The summed E-state index contributed by atoms with van der Waals surface area (Å²) in [5.74, 6) is 3.01. The van der Waals surface area contributed by atoms with Crippen molar-refractivity contribution in [3.8, 4) is 34.6 Å². The Kier molecular flexibility index (Phi) is 3.93. The maximum absolute atomic E-state index is 6.10. The molecular formula is C28H18. The first-order valence-corrected chi connectivity index (χ1v) is 9.42. The molecule has 0 N–H and O–H groups in total. The van der Waals surface area contributed by atoms with E-state index in [2.05, 4.69) is 96.9 Å². The first-order chi connectivity index (χ1) is 13.8. The molecule has 0 nitrogen and oxygen atoms in total. The molecule has 0 unspecified atom stereocenters. The SMILES string of the molecule is C#Cc1c(-c2ccccc2)c(-c2ccccc2)cc2cc3ccccc3cc12. The molecule has 5 rings (SSSR count). The quantitative estimate of drug-likeness (QED) is 0.230. The van der Waals surface area contributed by atoms with Gasteiger partial charge in [0.25, 0.3) is 0 Å². The van der Waals surface area contributed by atoms with Crippen LogP contribution < -0.4 is 0 Å². The molecule has 0 heteroatoms. The van der Waals surface area contributed by atoms with Gasteiger partial charge in [0.2, 0.25) is 0 Å². The normalized spacial score (nSPS) is 10.8. The standard InChI is InChI=1S/C28H18/c1-2-25-26-18-23-16-10-9-15-22(23)17-24(26)19-27(20-11-5-3-6-12-20)28(25)21-13-7-4-8-14-21/h1,3-19H. The van der Waals surface area contributed by atoms with E-state index in [1.54, 1.807) is 0 Å². The van der Waals surface area contributed by atoms with Gasteiger partial charge in [0.15, 0.2) is 0 Å². The van der Waals surface area contributed by atoms with Gasteiger partial charge in [0, 0.05) is 11.1 Å². The molecule has 0 amide bonds. The van der Waals surface area contributed by atoms with Crippen LogP contribution in [0.1, 0.15) is 5.56 Å². The van der Waals surface area contributed by atoms with Crippen molar-refractivity contribution in [2.45, 2.75) is 0 Å². The Hall–Kier alpha value is -3.82. The summed E-state index contributed by atoms with van der Waals surface area (Å²) in [7, 11) is 0. The van der Waals surface area contributed by atoms with E-state index in [4.69, 9.17) is 6.42 Å². The lowest BCUT2D eigenvalue weighted by molar-refractivity contribution is 1.59. The van der Waals surface area contributed by atoms with Crippen molar-refractivity contribution in [1.82, 2.24) is 0 Å². The molecule has 0 bridgehead atoms. The number of fused-ring (bicyclic) bond motifs is 2. The van der Waals surface area contributed by atoms with Gasteiger partial charge in [-0.15, -0.1) is 6.42 Å². The van der Waals surface area contributed by atoms with Gasteiger partial charge >= 0.3 is 0 Å². The van der Waals surface area contributed by atoms with Crippen molar-refractivity contribution in [1.29, 1.82) is 0 Å². The summed E-state index contributed by atoms with van der Waals surface area (Å²) in [6, 6.07) is 36.1. The molecule has 130 valence electrons. The Morgan fingerprint density at radius 1 is 0.536 bits per heavy atom. The van der Waals surface area contributed by atoms with Crippen molar-refractivity contribution in [3.05, 3.63) is 109 Å². The molecule has 0 atom stereocenters. The molecule has 0 saturated carbocycles. The van der Waals surface area contributed by atoms with Crippen molar-refractivity contribution in [3.63, 3.8) is 0 Å². The number of hydrogen-bond donors (Lipinski definition) is 0. The summed E-state index contributed by atoms with van der Waals surface area (Å²) < 4.78 is 0. The Morgan fingerprint density at radius 2 is 1.11 bits per heavy atom. The zero-order valence-electron chi connectivity index (χ0n) is 15.4. The summed E-state index contributed by atoms with van der Waals surface area (Å²) in [4.78, 5) is 0. The van der Waals surface area contributed by atoms with Crippen LogP contribution in [0.4, 0.5) is 0 Å². The number of hydrogen-bond acceptors (Lipinski definition) is 0. The van der Waals surface area contributed by atoms with Gasteiger partial charge in [0.1, 0.15) is 0 Å². The topological polar surface area (TPSA) is 0 Å². The monoisotopic (exact) mass is 354 g/mol. The van der Waals surface area contributed by atoms with E-state index in [-0.39, 0.29) is 0 Å². The highest BCUT2D eigenvalue weighted by Crippen LogP contribution is 2.40. The van der Waals surface area contributed by atoms with Crippen molar-refractivity contribution >= 4 is 21.5 Å². The minimum atomic E-state index is 0.952. The van der Waals surface area contributed by atoms with Crippen LogP contribution in [0.5, 0.6) is 0 Å². The van der Waals surface area contributed by atoms with E-state index in [9.17, 15) is 0 Å². The van der Waals surface area contributed by atoms with Crippen LogP contribution in [-0.2, 0) is 0 Å². The number of terminal acetylenes is 1. The van der Waals surface area contributed by atoms with Gasteiger partial charge < -0.3 is 0 Å². The van der Waals surface area contributed by atoms with Gasteiger partial charge in [-0.3, -0.25) is 0 Å². The van der Waals surface area contributed by atoms with E-state index in [1.165, 1.54) is 27.3 Å². The minimum Gasteiger partial charge on any atom is -0.115 e. The fraction of sp³-hybridized carbons (Fsp3) is 0. The molecule has 0 spiro atoms. The molecule has 0 aliphatic rings. The van der Waals surface area contributed by atoms with E-state index < -0.39 is 0 Å².